The Hall–Kier alpha value is -0.840. The van der Waals surface area contributed by atoms with Gasteiger partial charge in [-0.25, -0.2) is 0 Å². The molecule has 4 heteroatoms. The zero-order valence-electron chi connectivity index (χ0n) is 14.5. The molecule has 1 N–H and O–H groups in total. The van der Waals surface area contributed by atoms with Crippen LogP contribution in [0.4, 0.5) is 0 Å². The molecule has 2 nitrogen and oxygen atoms in total. The lowest BCUT2D eigenvalue weighted by Gasteiger charge is -2.17. The average Bonchev–Trinajstić information content (AvgIpc) is 2.55. The lowest BCUT2D eigenvalue weighted by atomic mass is 10.1. The van der Waals surface area contributed by atoms with E-state index in [4.69, 9.17) is 4.74 Å². The fourth-order valence-corrected chi connectivity index (χ4v) is 3.95. The lowest BCUT2D eigenvalue weighted by molar-refractivity contribution is 0.239. The van der Waals surface area contributed by atoms with Gasteiger partial charge in [0.25, 0.3) is 0 Å². The number of benzene rings is 2. The number of aryl methyl sites for hydroxylation is 1. The molecule has 0 aliphatic heterocycles. The summed E-state index contributed by atoms with van der Waals surface area (Å²) in [7, 11) is 0. The Morgan fingerprint density at radius 2 is 1.58 bits per heavy atom. The summed E-state index contributed by atoms with van der Waals surface area (Å²) in [6.07, 6.45) is 2.38. The van der Waals surface area contributed by atoms with Gasteiger partial charge in [0, 0.05) is 12.6 Å². The smallest absolute Gasteiger partial charge is 0.148 e. The van der Waals surface area contributed by atoms with E-state index in [1.54, 1.807) is 0 Å². The number of hydrogen-bond acceptors (Lipinski definition) is 2. The predicted molar refractivity (Wildman–Crippen MR) is 109 cm³/mol. The molecule has 1 unspecified atom stereocenters. The molecule has 0 spiro atoms. The van der Waals surface area contributed by atoms with Crippen LogP contribution in [0.25, 0.3) is 0 Å². The number of rotatable bonds is 8. The maximum absolute atomic E-state index is 5.83. The zero-order valence-corrected chi connectivity index (χ0v) is 17.7. The largest absolute Gasteiger partial charge is 0.489 e. The van der Waals surface area contributed by atoms with Gasteiger partial charge in [-0.2, -0.15) is 0 Å². The second kappa shape index (κ2) is 9.59. The van der Waals surface area contributed by atoms with E-state index in [9.17, 15) is 0 Å². The Morgan fingerprint density at radius 1 is 0.958 bits per heavy atom. The summed E-state index contributed by atoms with van der Waals surface area (Å²) in [6, 6.07) is 15.4. The SMILES string of the molecule is CC(CCc1ccccc1)NCc1cc(Br)c(OC(C)C)c(Br)c1. The Labute approximate surface area is 162 Å². The van der Waals surface area contributed by atoms with Gasteiger partial charge in [-0.15, -0.1) is 0 Å². The minimum atomic E-state index is 0.152. The summed E-state index contributed by atoms with van der Waals surface area (Å²) in [5.74, 6) is 0.867. The van der Waals surface area contributed by atoms with E-state index in [1.807, 2.05) is 13.8 Å². The fourth-order valence-electron chi connectivity index (χ4n) is 2.48. The molecule has 2 aromatic carbocycles. The molecule has 0 fully saturated rings. The first kappa shape index (κ1) is 19.5. The molecule has 24 heavy (non-hydrogen) atoms. The van der Waals surface area contributed by atoms with Crippen LogP contribution in [-0.2, 0) is 13.0 Å². The quantitative estimate of drug-likeness (QED) is 0.519. The van der Waals surface area contributed by atoms with Crippen LogP contribution >= 0.6 is 31.9 Å². The first-order chi connectivity index (χ1) is 11.5. The Balaban J connectivity index is 1.87. The number of nitrogens with one attached hydrogen (secondary N) is 1. The third-order valence-electron chi connectivity index (χ3n) is 3.78. The van der Waals surface area contributed by atoms with E-state index in [1.165, 1.54) is 11.1 Å². The van der Waals surface area contributed by atoms with Crippen LogP contribution in [-0.4, -0.2) is 12.1 Å². The molecular formula is C20H25Br2NO. The van der Waals surface area contributed by atoms with E-state index in [0.29, 0.717) is 6.04 Å². The maximum Gasteiger partial charge on any atom is 0.148 e. The van der Waals surface area contributed by atoms with Gasteiger partial charge in [0.15, 0.2) is 0 Å². The van der Waals surface area contributed by atoms with Gasteiger partial charge in [-0.05, 0) is 88.7 Å². The highest BCUT2D eigenvalue weighted by molar-refractivity contribution is 9.11. The second-order valence-electron chi connectivity index (χ2n) is 6.36. The van der Waals surface area contributed by atoms with Gasteiger partial charge in [-0.3, -0.25) is 0 Å². The molecular weight excluding hydrogens is 430 g/mol. The van der Waals surface area contributed by atoms with Crippen molar-refractivity contribution in [3.8, 4) is 5.75 Å². The summed E-state index contributed by atoms with van der Waals surface area (Å²) in [6.45, 7) is 7.14. The third-order valence-corrected chi connectivity index (χ3v) is 4.95. The van der Waals surface area contributed by atoms with Gasteiger partial charge in [-0.1, -0.05) is 30.3 Å². The summed E-state index contributed by atoms with van der Waals surface area (Å²) >= 11 is 7.22. The normalized spacial score (nSPS) is 12.4. The molecule has 2 aromatic rings. The van der Waals surface area contributed by atoms with Crippen molar-refractivity contribution in [3.63, 3.8) is 0 Å². The fraction of sp³-hybridized carbons (Fsp3) is 0.400. The Morgan fingerprint density at radius 3 is 2.17 bits per heavy atom. The Bertz CT molecular complexity index is 620. The van der Waals surface area contributed by atoms with Gasteiger partial charge < -0.3 is 10.1 Å². The minimum absolute atomic E-state index is 0.152. The molecule has 0 saturated carbocycles. The van der Waals surface area contributed by atoms with Crippen molar-refractivity contribution in [2.75, 3.05) is 0 Å². The third kappa shape index (κ3) is 6.23. The molecule has 0 bridgehead atoms. The molecule has 130 valence electrons. The van der Waals surface area contributed by atoms with Crippen LogP contribution in [0.15, 0.2) is 51.4 Å². The summed E-state index contributed by atoms with van der Waals surface area (Å²) in [4.78, 5) is 0. The van der Waals surface area contributed by atoms with Crippen molar-refractivity contribution in [2.24, 2.45) is 0 Å². The van der Waals surface area contributed by atoms with Crippen molar-refractivity contribution in [2.45, 2.75) is 52.3 Å². The minimum Gasteiger partial charge on any atom is -0.489 e. The first-order valence-electron chi connectivity index (χ1n) is 8.37. The first-order valence-corrected chi connectivity index (χ1v) is 9.96. The van der Waals surface area contributed by atoms with Gasteiger partial charge in [0.2, 0.25) is 0 Å². The van der Waals surface area contributed by atoms with E-state index >= 15 is 0 Å². The summed E-state index contributed by atoms with van der Waals surface area (Å²) in [5.41, 5.74) is 2.63. The topological polar surface area (TPSA) is 21.3 Å². The van der Waals surface area contributed by atoms with Gasteiger partial charge >= 0.3 is 0 Å². The van der Waals surface area contributed by atoms with Gasteiger partial charge in [0.1, 0.15) is 5.75 Å². The van der Waals surface area contributed by atoms with Crippen LogP contribution in [0.5, 0.6) is 5.75 Å². The summed E-state index contributed by atoms with van der Waals surface area (Å²) < 4.78 is 7.80. The monoisotopic (exact) mass is 453 g/mol. The average molecular weight is 455 g/mol. The lowest BCUT2D eigenvalue weighted by Crippen LogP contribution is -2.26. The summed E-state index contributed by atoms with van der Waals surface area (Å²) in [5, 5.41) is 3.60. The van der Waals surface area contributed by atoms with Crippen molar-refractivity contribution < 1.29 is 4.74 Å². The molecule has 1 atom stereocenters. The Kier molecular flexibility index (Phi) is 7.79. The highest BCUT2D eigenvalue weighted by Gasteiger charge is 2.11. The zero-order chi connectivity index (χ0) is 17.5. The molecule has 0 heterocycles. The van der Waals surface area contributed by atoms with Crippen LogP contribution in [0.3, 0.4) is 0 Å². The second-order valence-corrected chi connectivity index (χ2v) is 8.07. The number of halogens is 2. The van der Waals surface area contributed by atoms with Crippen molar-refractivity contribution in [1.82, 2.24) is 5.32 Å². The molecule has 2 rings (SSSR count). The standard InChI is InChI=1S/C20H25Br2NO/c1-14(2)24-20-18(21)11-17(12-19(20)22)13-23-15(3)9-10-16-7-5-4-6-8-16/h4-8,11-12,14-15,23H,9-10,13H2,1-3H3. The van der Waals surface area contributed by atoms with Crippen LogP contribution in [0.1, 0.15) is 38.3 Å². The maximum atomic E-state index is 5.83. The molecule has 0 radical (unpaired) electrons. The van der Waals surface area contributed by atoms with Gasteiger partial charge in [0.05, 0.1) is 15.0 Å². The number of ether oxygens (including phenoxy) is 1. The van der Waals surface area contributed by atoms with Crippen molar-refractivity contribution >= 4 is 31.9 Å². The molecule has 0 saturated heterocycles. The van der Waals surface area contributed by atoms with Crippen LogP contribution in [0, 0.1) is 0 Å². The van der Waals surface area contributed by atoms with Crippen LogP contribution in [0.2, 0.25) is 0 Å². The number of hydrogen-bond donors (Lipinski definition) is 1. The highest BCUT2D eigenvalue weighted by atomic mass is 79.9. The van der Waals surface area contributed by atoms with E-state index in [2.05, 4.69) is 86.6 Å². The van der Waals surface area contributed by atoms with E-state index in [-0.39, 0.29) is 6.10 Å². The van der Waals surface area contributed by atoms with Crippen molar-refractivity contribution in [3.05, 3.63) is 62.5 Å². The molecule has 0 amide bonds. The molecule has 0 aliphatic rings. The van der Waals surface area contributed by atoms with E-state index < -0.39 is 0 Å². The van der Waals surface area contributed by atoms with Crippen molar-refractivity contribution in [1.29, 1.82) is 0 Å². The highest BCUT2D eigenvalue weighted by Crippen LogP contribution is 2.35. The van der Waals surface area contributed by atoms with E-state index in [0.717, 1.165) is 34.1 Å². The van der Waals surface area contributed by atoms with Crippen LogP contribution < -0.4 is 10.1 Å². The molecule has 0 aliphatic carbocycles. The predicted octanol–water partition coefficient (Wildman–Crippen LogP) is 6.11. The molecule has 0 aromatic heterocycles.